The molecular formula is C11H15N3O4. The lowest BCUT2D eigenvalue weighted by Crippen LogP contribution is -2.57. The van der Waals surface area contributed by atoms with E-state index in [1.807, 2.05) is 0 Å². The van der Waals surface area contributed by atoms with E-state index < -0.39 is 17.4 Å². The van der Waals surface area contributed by atoms with E-state index in [-0.39, 0.29) is 11.7 Å². The molecule has 0 radical (unpaired) electrons. The van der Waals surface area contributed by atoms with Gasteiger partial charge in [0.1, 0.15) is 5.54 Å². The number of rotatable bonds is 2. The Kier molecular flexibility index (Phi) is 3.06. The first-order valence-corrected chi connectivity index (χ1v) is 5.81. The van der Waals surface area contributed by atoms with Crippen molar-refractivity contribution in [2.24, 2.45) is 0 Å². The standard InChI is InChI=1S/C11H15N3O4/c1-7-12-8(13-18-7)9(15)14-6-4-3-5-11(14,2)10(16)17/h3-6H2,1-2H3,(H,16,17). The van der Waals surface area contributed by atoms with Crippen molar-refractivity contribution >= 4 is 11.9 Å². The van der Waals surface area contributed by atoms with Crippen LogP contribution in [0.2, 0.25) is 0 Å². The van der Waals surface area contributed by atoms with Crippen LogP contribution in [0.4, 0.5) is 0 Å². The van der Waals surface area contributed by atoms with E-state index >= 15 is 0 Å². The van der Waals surface area contributed by atoms with Gasteiger partial charge < -0.3 is 14.5 Å². The summed E-state index contributed by atoms with van der Waals surface area (Å²) >= 11 is 0. The van der Waals surface area contributed by atoms with E-state index in [0.717, 1.165) is 12.8 Å². The summed E-state index contributed by atoms with van der Waals surface area (Å²) in [7, 11) is 0. The molecule has 1 N–H and O–H groups in total. The highest BCUT2D eigenvalue weighted by atomic mass is 16.5. The lowest BCUT2D eigenvalue weighted by Gasteiger charge is -2.40. The number of carboxylic acid groups (broad SMARTS) is 1. The Morgan fingerprint density at radius 2 is 2.17 bits per heavy atom. The van der Waals surface area contributed by atoms with Crippen LogP contribution in [-0.4, -0.2) is 44.1 Å². The molecule has 1 saturated heterocycles. The van der Waals surface area contributed by atoms with Gasteiger partial charge in [-0.1, -0.05) is 5.16 Å². The van der Waals surface area contributed by atoms with E-state index in [1.54, 1.807) is 13.8 Å². The molecule has 0 saturated carbocycles. The first kappa shape index (κ1) is 12.5. The molecule has 0 spiro atoms. The van der Waals surface area contributed by atoms with Gasteiger partial charge in [0.05, 0.1) is 0 Å². The van der Waals surface area contributed by atoms with Gasteiger partial charge in [0, 0.05) is 13.5 Å². The quantitative estimate of drug-likeness (QED) is 0.839. The molecule has 1 aliphatic rings. The highest BCUT2D eigenvalue weighted by Gasteiger charge is 2.45. The fraction of sp³-hybridized carbons (Fsp3) is 0.636. The molecule has 18 heavy (non-hydrogen) atoms. The molecule has 98 valence electrons. The summed E-state index contributed by atoms with van der Waals surface area (Å²) in [4.78, 5) is 28.8. The third-order valence-electron chi connectivity index (χ3n) is 3.32. The maximum atomic E-state index is 12.2. The molecule has 0 bridgehead atoms. The molecule has 7 nitrogen and oxygen atoms in total. The summed E-state index contributed by atoms with van der Waals surface area (Å²) in [6.45, 7) is 3.53. The van der Waals surface area contributed by atoms with E-state index in [2.05, 4.69) is 10.1 Å². The van der Waals surface area contributed by atoms with Crippen LogP contribution in [0.5, 0.6) is 0 Å². The number of amides is 1. The highest BCUT2D eigenvalue weighted by Crippen LogP contribution is 2.29. The van der Waals surface area contributed by atoms with Crippen LogP contribution in [0.3, 0.4) is 0 Å². The number of hydrogen-bond acceptors (Lipinski definition) is 5. The van der Waals surface area contributed by atoms with Crippen molar-refractivity contribution in [1.82, 2.24) is 15.0 Å². The average Bonchev–Trinajstić information content (AvgIpc) is 2.75. The Morgan fingerprint density at radius 1 is 1.44 bits per heavy atom. The number of hydrogen-bond donors (Lipinski definition) is 1. The van der Waals surface area contributed by atoms with Gasteiger partial charge in [-0.2, -0.15) is 4.98 Å². The van der Waals surface area contributed by atoms with Crippen molar-refractivity contribution in [3.05, 3.63) is 11.7 Å². The van der Waals surface area contributed by atoms with Crippen molar-refractivity contribution in [2.75, 3.05) is 6.54 Å². The monoisotopic (exact) mass is 253 g/mol. The number of carbonyl (C=O) groups excluding carboxylic acids is 1. The van der Waals surface area contributed by atoms with Gasteiger partial charge in [-0.05, 0) is 26.2 Å². The van der Waals surface area contributed by atoms with Crippen LogP contribution in [0.25, 0.3) is 0 Å². The van der Waals surface area contributed by atoms with Crippen LogP contribution < -0.4 is 0 Å². The third kappa shape index (κ3) is 1.96. The maximum Gasteiger partial charge on any atom is 0.329 e. The van der Waals surface area contributed by atoms with Crippen molar-refractivity contribution in [3.63, 3.8) is 0 Å². The van der Waals surface area contributed by atoms with Crippen LogP contribution in [0.1, 0.15) is 42.7 Å². The summed E-state index contributed by atoms with van der Waals surface area (Å²) in [5.74, 6) is -1.29. The molecule has 7 heteroatoms. The number of aromatic nitrogens is 2. The maximum absolute atomic E-state index is 12.2. The van der Waals surface area contributed by atoms with Crippen LogP contribution in [0.15, 0.2) is 4.52 Å². The highest BCUT2D eigenvalue weighted by molar-refractivity contribution is 5.95. The van der Waals surface area contributed by atoms with Gasteiger partial charge in [-0.3, -0.25) is 4.79 Å². The Balaban J connectivity index is 2.30. The minimum Gasteiger partial charge on any atom is -0.480 e. The van der Waals surface area contributed by atoms with Crippen molar-refractivity contribution in [2.45, 2.75) is 38.6 Å². The van der Waals surface area contributed by atoms with E-state index in [4.69, 9.17) is 4.52 Å². The lowest BCUT2D eigenvalue weighted by molar-refractivity contribution is -0.150. The van der Waals surface area contributed by atoms with Gasteiger partial charge in [-0.25, -0.2) is 4.79 Å². The summed E-state index contributed by atoms with van der Waals surface area (Å²) in [5, 5.41) is 12.9. The summed E-state index contributed by atoms with van der Waals surface area (Å²) in [6.07, 6.45) is 2.01. The fourth-order valence-electron chi connectivity index (χ4n) is 2.18. The predicted octanol–water partition coefficient (Wildman–Crippen LogP) is 0.847. The number of aryl methyl sites for hydroxylation is 1. The summed E-state index contributed by atoms with van der Waals surface area (Å²) in [5.41, 5.74) is -1.19. The number of aliphatic carboxylic acids is 1. The minimum atomic E-state index is -1.19. The Bertz CT molecular complexity index is 484. The first-order valence-electron chi connectivity index (χ1n) is 5.81. The van der Waals surface area contributed by atoms with E-state index in [0.29, 0.717) is 13.0 Å². The molecule has 0 aromatic carbocycles. The van der Waals surface area contributed by atoms with E-state index in [9.17, 15) is 14.7 Å². The second-order valence-electron chi connectivity index (χ2n) is 4.63. The molecule has 1 fully saturated rings. The Morgan fingerprint density at radius 3 is 2.72 bits per heavy atom. The van der Waals surface area contributed by atoms with Crippen LogP contribution in [-0.2, 0) is 4.79 Å². The zero-order chi connectivity index (χ0) is 13.3. The number of nitrogens with zero attached hydrogens (tertiary/aromatic N) is 3. The number of likely N-dealkylation sites (tertiary alicyclic amines) is 1. The molecule has 2 rings (SSSR count). The first-order chi connectivity index (χ1) is 8.45. The molecule has 2 heterocycles. The smallest absolute Gasteiger partial charge is 0.329 e. The van der Waals surface area contributed by atoms with Gasteiger partial charge in [0.25, 0.3) is 11.7 Å². The number of piperidine rings is 1. The molecule has 1 aromatic rings. The second-order valence-corrected chi connectivity index (χ2v) is 4.63. The van der Waals surface area contributed by atoms with Crippen molar-refractivity contribution in [3.8, 4) is 0 Å². The molecule has 0 aliphatic carbocycles. The predicted molar refractivity (Wildman–Crippen MR) is 60.0 cm³/mol. The Hall–Kier alpha value is -1.92. The largest absolute Gasteiger partial charge is 0.480 e. The minimum absolute atomic E-state index is 0.0816. The van der Waals surface area contributed by atoms with Crippen molar-refractivity contribution in [1.29, 1.82) is 0 Å². The molecule has 1 aliphatic heterocycles. The molecule has 1 aromatic heterocycles. The zero-order valence-corrected chi connectivity index (χ0v) is 10.3. The van der Waals surface area contributed by atoms with Crippen LogP contribution in [0, 0.1) is 6.92 Å². The molecule has 1 unspecified atom stereocenters. The third-order valence-corrected chi connectivity index (χ3v) is 3.32. The SMILES string of the molecule is Cc1nc(C(=O)N2CCCCC2(C)C(=O)O)no1. The second kappa shape index (κ2) is 4.40. The molecule has 1 atom stereocenters. The summed E-state index contributed by atoms with van der Waals surface area (Å²) < 4.78 is 4.75. The number of carbonyl (C=O) groups is 2. The van der Waals surface area contributed by atoms with Gasteiger partial charge in [0.15, 0.2) is 0 Å². The molecule has 1 amide bonds. The van der Waals surface area contributed by atoms with Gasteiger partial charge >= 0.3 is 5.97 Å². The van der Waals surface area contributed by atoms with Gasteiger partial charge in [-0.15, -0.1) is 0 Å². The van der Waals surface area contributed by atoms with E-state index in [1.165, 1.54) is 4.90 Å². The zero-order valence-electron chi connectivity index (χ0n) is 10.3. The molecular weight excluding hydrogens is 238 g/mol. The topological polar surface area (TPSA) is 96.5 Å². The normalized spacial score (nSPS) is 24.0. The number of carboxylic acids is 1. The lowest BCUT2D eigenvalue weighted by atomic mass is 9.88. The Labute approximate surface area is 104 Å². The van der Waals surface area contributed by atoms with Gasteiger partial charge in [0.2, 0.25) is 5.89 Å². The average molecular weight is 253 g/mol. The van der Waals surface area contributed by atoms with Crippen molar-refractivity contribution < 1.29 is 19.2 Å². The summed E-state index contributed by atoms with van der Waals surface area (Å²) in [6, 6.07) is 0. The fourth-order valence-corrected chi connectivity index (χ4v) is 2.18. The van der Waals surface area contributed by atoms with Crippen LogP contribution >= 0.6 is 0 Å².